The molecular formula is C12H6N2S2. The lowest BCUT2D eigenvalue weighted by Crippen LogP contribution is -1.74. The number of fused-ring (bicyclic) bond motifs is 3. The van der Waals surface area contributed by atoms with E-state index in [9.17, 15) is 0 Å². The van der Waals surface area contributed by atoms with Crippen LogP contribution in [0.5, 0.6) is 0 Å². The van der Waals surface area contributed by atoms with Crippen molar-refractivity contribution in [1.29, 1.82) is 0 Å². The second-order valence-electron chi connectivity index (χ2n) is 3.69. The quantitative estimate of drug-likeness (QED) is 0.464. The molecule has 0 saturated carbocycles. The Balaban J connectivity index is 2.26. The van der Waals surface area contributed by atoms with Gasteiger partial charge in [-0.2, -0.15) is 0 Å². The van der Waals surface area contributed by atoms with Crippen molar-refractivity contribution in [3.8, 4) is 0 Å². The van der Waals surface area contributed by atoms with Gasteiger partial charge in [-0.25, -0.2) is 9.97 Å². The summed E-state index contributed by atoms with van der Waals surface area (Å²) >= 11 is 3.36. The van der Waals surface area contributed by atoms with Gasteiger partial charge in [0.05, 0.1) is 31.5 Å². The summed E-state index contributed by atoms with van der Waals surface area (Å²) in [6, 6.07) is 8.70. The van der Waals surface area contributed by atoms with Crippen molar-refractivity contribution in [2.24, 2.45) is 0 Å². The van der Waals surface area contributed by atoms with Crippen LogP contribution in [0.3, 0.4) is 0 Å². The zero-order valence-electron chi connectivity index (χ0n) is 8.18. The molecule has 2 nitrogen and oxygen atoms in total. The topological polar surface area (TPSA) is 25.8 Å². The van der Waals surface area contributed by atoms with Crippen LogP contribution in [0.2, 0.25) is 0 Å². The Kier molecular flexibility index (Phi) is 1.61. The summed E-state index contributed by atoms with van der Waals surface area (Å²) in [5.41, 5.74) is 5.96. The van der Waals surface area contributed by atoms with Gasteiger partial charge in [0.1, 0.15) is 0 Å². The van der Waals surface area contributed by atoms with Gasteiger partial charge in [0.2, 0.25) is 0 Å². The van der Waals surface area contributed by atoms with E-state index in [0.717, 1.165) is 11.0 Å². The van der Waals surface area contributed by atoms with E-state index in [-0.39, 0.29) is 0 Å². The van der Waals surface area contributed by atoms with Crippen molar-refractivity contribution >= 4 is 53.9 Å². The van der Waals surface area contributed by atoms with Crippen molar-refractivity contribution < 1.29 is 0 Å². The average Bonchev–Trinajstić information content (AvgIpc) is 2.89. The molecule has 4 heteroatoms. The lowest BCUT2D eigenvalue weighted by Gasteiger charge is -1.97. The third kappa shape index (κ3) is 1.11. The van der Waals surface area contributed by atoms with Crippen LogP contribution in [0, 0.1) is 0 Å². The third-order valence-corrected chi connectivity index (χ3v) is 4.32. The second-order valence-corrected chi connectivity index (χ2v) is 5.46. The van der Waals surface area contributed by atoms with E-state index in [0.29, 0.717) is 0 Å². The maximum Gasteiger partial charge on any atom is 0.0818 e. The van der Waals surface area contributed by atoms with Crippen LogP contribution in [0.15, 0.2) is 35.3 Å². The van der Waals surface area contributed by atoms with Gasteiger partial charge < -0.3 is 0 Å². The first kappa shape index (κ1) is 8.61. The zero-order valence-corrected chi connectivity index (χ0v) is 9.81. The highest BCUT2D eigenvalue weighted by molar-refractivity contribution is 7.17. The number of nitrogens with zero attached hydrogens (tertiary/aromatic N) is 2. The molecule has 0 atom stereocenters. The van der Waals surface area contributed by atoms with E-state index in [1.165, 1.54) is 20.2 Å². The van der Waals surface area contributed by atoms with Crippen LogP contribution in [0.4, 0.5) is 0 Å². The molecule has 4 rings (SSSR count). The summed E-state index contributed by atoms with van der Waals surface area (Å²) in [5, 5.41) is 2.49. The Morgan fingerprint density at radius 2 is 1.19 bits per heavy atom. The van der Waals surface area contributed by atoms with Crippen molar-refractivity contribution in [2.75, 3.05) is 0 Å². The van der Waals surface area contributed by atoms with Crippen LogP contribution in [0.25, 0.3) is 31.2 Å². The monoisotopic (exact) mass is 242 g/mol. The fourth-order valence-corrected chi connectivity index (χ4v) is 3.37. The molecule has 76 valence electrons. The summed E-state index contributed by atoms with van der Waals surface area (Å²) in [6.07, 6.45) is 0. The van der Waals surface area contributed by atoms with Crippen LogP contribution in [0.1, 0.15) is 0 Å². The van der Waals surface area contributed by atoms with Crippen LogP contribution in [-0.2, 0) is 0 Å². The van der Waals surface area contributed by atoms with Crippen molar-refractivity contribution in [1.82, 2.24) is 9.97 Å². The fraction of sp³-hybridized carbons (Fsp3) is 0. The van der Waals surface area contributed by atoms with E-state index >= 15 is 0 Å². The molecule has 0 saturated heterocycles. The third-order valence-electron chi connectivity index (χ3n) is 2.74. The molecule has 0 amide bonds. The molecule has 0 radical (unpaired) electrons. The van der Waals surface area contributed by atoms with E-state index in [1.54, 1.807) is 22.7 Å². The largest absolute Gasteiger partial charge is 0.245 e. The first-order valence-corrected chi connectivity index (χ1v) is 6.66. The summed E-state index contributed by atoms with van der Waals surface area (Å²) in [6.45, 7) is 0. The van der Waals surface area contributed by atoms with Crippen molar-refractivity contribution in [3.05, 3.63) is 35.3 Å². The van der Waals surface area contributed by atoms with Crippen LogP contribution in [-0.4, -0.2) is 9.97 Å². The highest BCUT2D eigenvalue weighted by Crippen LogP contribution is 2.29. The normalized spacial score (nSPS) is 11.8. The van der Waals surface area contributed by atoms with E-state index in [4.69, 9.17) is 0 Å². The lowest BCUT2D eigenvalue weighted by molar-refractivity contribution is 1.50. The Bertz CT molecular complexity index is 684. The van der Waals surface area contributed by atoms with E-state index in [2.05, 4.69) is 34.2 Å². The number of hydrogen-bond donors (Lipinski definition) is 0. The van der Waals surface area contributed by atoms with Gasteiger partial charge in [-0.15, -0.1) is 22.7 Å². The number of rotatable bonds is 0. The van der Waals surface area contributed by atoms with Gasteiger partial charge in [-0.3, -0.25) is 0 Å². The maximum absolute atomic E-state index is 4.34. The molecule has 0 spiro atoms. The summed E-state index contributed by atoms with van der Waals surface area (Å²) in [4.78, 5) is 8.69. The first-order valence-electron chi connectivity index (χ1n) is 4.90. The van der Waals surface area contributed by atoms with Crippen molar-refractivity contribution in [3.63, 3.8) is 0 Å². The predicted octanol–water partition coefficient (Wildman–Crippen LogP) is 4.06. The minimum Gasteiger partial charge on any atom is -0.245 e. The highest BCUT2D eigenvalue weighted by Gasteiger charge is 2.03. The second kappa shape index (κ2) is 2.99. The van der Waals surface area contributed by atoms with Gasteiger partial charge in [-0.05, 0) is 35.0 Å². The van der Waals surface area contributed by atoms with Gasteiger partial charge >= 0.3 is 0 Å². The van der Waals surface area contributed by atoms with Crippen LogP contribution >= 0.6 is 22.7 Å². The molecule has 16 heavy (non-hydrogen) atoms. The summed E-state index contributed by atoms with van der Waals surface area (Å²) < 4.78 is 2.48. The molecular weight excluding hydrogens is 236 g/mol. The number of thiazole rings is 2. The number of aromatic nitrogens is 2. The molecule has 0 aliphatic carbocycles. The van der Waals surface area contributed by atoms with Gasteiger partial charge in [-0.1, -0.05) is 0 Å². The Labute approximate surface area is 99.2 Å². The predicted molar refractivity (Wildman–Crippen MR) is 70.3 cm³/mol. The minimum absolute atomic E-state index is 1.08. The van der Waals surface area contributed by atoms with E-state index < -0.39 is 0 Å². The molecule has 2 heterocycles. The number of benzene rings is 2. The van der Waals surface area contributed by atoms with Gasteiger partial charge in [0.25, 0.3) is 0 Å². The van der Waals surface area contributed by atoms with E-state index in [1.807, 2.05) is 11.0 Å². The molecule has 0 aliphatic heterocycles. The maximum atomic E-state index is 4.34. The Morgan fingerprint density at radius 3 is 1.69 bits per heavy atom. The van der Waals surface area contributed by atoms with Gasteiger partial charge in [0, 0.05) is 0 Å². The molecule has 0 fully saturated rings. The smallest absolute Gasteiger partial charge is 0.0818 e. The van der Waals surface area contributed by atoms with Crippen molar-refractivity contribution in [2.45, 2.75) is 0 Å². The SMILES string of the molecule is c1nc2cc3cc4scnc4cc3cc2s1. The molecule has 2 aromatic heterocycles. The Hall–Kier alpha value is -1.52. The highest BCUT2D eigenvalue weighted by atomic mass is 32.1. The summed E-state index contributed by atoms with van der Waals surface area (Å²) in [7, 11) is 0. The molecule has 0 N–H and O–H groups in total. The standard InChI is InChI=1S/C12H6N2S2/c1-7-3-12-10(14-6-16-12)2-8(7)4-11-9(1)13-5-15-11/h1-6H. The lowest BCUT2D eigenvalue weighted by atomic mass is 10.1. The molecule has 2 aromatic carbocycles. The van der Waals surface area contributed by atoms with Crippen LogP contribution < -0.4 is 0 Å². The first-order chi connectivity index (χ1) is 7.90. The molecule has 0 aliphatic rings. The summed E-state index contributed by atoms with van der Waals surface area (Å²) in [5.74, 6) is 0. The molecule has 0 unspecified atom stereocenters. The van der Waals surface area contributed by atoms with Gasteiger partial charge in [0.15, 0.2) is 0 Å². The molecule has 4 aromatic rings. The zero-order chi connectivity index (χ0) is 10.5. The Morgan fingerprint density at radius 1 is 0.688 bits per heavy atom. The fourth-order valence-electron chi connectivity index (χ4n) is 1.95. The minimum atomic E-state index is 1.08. The molecule has 0 bridgehead atoms. The number of hydrogen-bond acceptors (Lipinski definition) is 4. The average molecular weight is 242 g/mol.